The number of aromatic nitrogens is 2. The van der Waals surface area contributed by atoms with E-state index >= 15 is 0 Å². The SMILES string of the molecule is CN(C)S(=O)(=O)c1cccc(C(=O)Nc2cc(C3CC3)n(C)n2)c1. The summed E-state index contributed by atoms with van der Waals surface area (Å²) < 4.78 is 27.2. The molecule has 2 aromatic rings. The standard InChI is InChI=1S/C16H20N4O3S/c1-19(2)24(22,23)13-6-4-5-12(9-13)16(21)17-15-10-14(11-7-8-11)20(3)18-15/h4-6,9-11H,7-8H2,1-3H3,(H,17,18,21). The monoisotopic (exact) mass is 348 g/mol. The summed E-state index contributed by atoms with van der Waals surface area (Å²) in [5.41, 5.74) is 1.38. The summed E-state index contributed by atoms with van der Waals surface area (Å²) in [5, 5.41) is 7.03. The molecule has 0 radical (unpaired) electrons. The predicted molar refractivity (Wildman–Crippen MR) is 90.5 cm³/mol. The molecule has 0 atom stereocenters. The fraction of sp³-hybridized carbons (Fsp3) is 0.375. The first kappa shape index (κ1) is 16.7. The van der Waals surface area contributed by atoms with Crippen LogP contribution in [0.25, 0.3) is 0 Å². The molecule has 1 heterocycles. The number of benzene rings is 1. The highest BCUT2D eigenvalue weighted by Crippen LogP contribution is 2.40. The summed E-state index contributed by atoms with van der Waals surface area (Å²) in [6.07, 6.45) is 2.30. The first-order valence-corrected chi connectivity index (χ1v) is 9.11. The van der Waals surface area contributed by atoms with Crippen molar-refractivity contribution in [2.45, 2.75) is 23.7 Å². The van der Waals surface area contributed by atoms with E-state index in [4.69, 9.17) is 0 Å². The van der Waals surface area contributed by atoms with Crippen LogP contribution in [0.3, 0.4) is 0 Å². The number of hydrogen-bond donors (Lipinski definition) is 1. The number of carbonyl (C=O) groups is 1. The van der Waals surface area contributed by atoms with Crippen molar-refractivity contribution in [1.29, 1.82) is 0 Å². The van der Waals surface area contributed by atoms with E-state index in [1.807, 2.05) is 13.1 Å². The molecule has 1 aliphatic carbocycles. The third-order valence-corrected chi connectivity index (χ3v) is 5.84. The molecule has 1 aromatic carbocycles. The van der Waals surface area contributed by atoms with Crippen LogP contribution in [0.5, 0.6) is 0 Å². The maximum absolute atomic E-state index is 12.4. The zero-order chi connectivity index (χ0) is 17.5. The minimum Gasteiger partial charge on any atom is -0.305 e. The number of aryl methyl sites for hydroxylation is 1. The molecular weight excluding hydrogens is 328 g/mol. The lowest BCUT2D eigenvalue weighted by molar-refractivity contribution is 0.102. The molecule has 0 spiro atoms. The van der Waals surface area contributed by atoms with Crippen molar-refractivity contribution in [2.75, 3.05) is 19.4 Å². The maximum Gasteiger partial charge on any atom is 0.256 e. The van der Waals surface area contributed by atoms with Gasteiger partial charge in [0.05, 0.1) is 4.90 Å². The normalized spacial score (nSPS) is 14.8. The van der Waals surface area contributed by atoms with Gasteiger partial charge in [-0.2, -0.15) is 5.10 Å². The van der Waals surface area contributed by atoms with Gasteiger partial charge in [-0.1, -0.05) is 6.07 Å². The Kier molecular flexibility index (Phi) is 4.18. The van der Waals surface area contributed by atoms with Gasteiger partial charge < -0.3 is 5.32 Å². The average Bonchev–Trinajstić information content (AvgIpc) is 3.31. The maximum atomic E-state index is 12.4. The number of rotatable bonds is 5. The fourth-order valence-corrected chi connectivity index (χ4v) is 3.45. The van der Waals surface area contributed by atoms with Crippen LogP contribution in [0.4, 0.5) is 5.82 Å². The minimum atomic E-state index is -3.58. The lowest BCUT2D eigenvalue weighted by atomic mass is 10.2. The Morgan fingerprint density at radius 1 is 1.29 bits per heavy atom. The van der Waals surface area contributed by atoms with Gasteiger partial charge in [0.2, 0.25) is 10.0 Å². The molecule has 1 fully saturated rings. The minimum absolute atomic E-state index is 0.0832. The summed E-state index contributed by atoms with van der Waals surface area (Å²) >= 11 is 0. The lowest BCUT2D eigenvalue weighted by Crippen LogP contribution is -2.22. The van der Waals surface area contributed by atoms with Gasteiger partial charge in [0, 0.05) is 44.4 Å². The Bertz CT molecular complexity index is 882. The Morgan fingerprint density at radius 3 is 2.62 bits per heavy atom. The molecule has 7 nitrogen and oxygen atoms in total. The second-order valence-electron chi connectivity index (χ2n) is 6.12. The van der Waals surface area contributed by atoms with Gasteiger partial charge in [0.25, 0.3) is 5.91 Å². The highest BCUT2D eigenvalue weighted by molar-refractivity contribution is 7.89. The van der Waals surface area contributed by atoms with Crippen molar-refractivity contribution in [3.05, 3.63) is 41.6 Å². The van der Waals surface area contributed by atoms with Crippen LogP contribution < -0.4 is 5.32 Å². The van der Waals surface area contributed by atoms with Gasteiger partial charge in [-0.05, 0) is 31.0 Å². The van der Waals surface area contributed by atoms with Crippen molar-refractivity contribution >= 4 is 21.7 Å². The molecule has 1 amide bonds. The van der Waals surface area contributed by atoms with E-state index in [2.05, 4.69) is 10.4 Å². The number of carbonyl (C=O) groups excluding carboxylic acids is 1. The number of nitrogens with one attached hydrogen (secondary N) is 1. The van der Waals surface area contributed by atoms with E-state index in [9.17, 15) is 13.2 Å². The Balaban J connectivity index is 1.82. The van der Waals surface area contributed by atoms with Gasteiger partial charge in [-0.15, -0.1) is 0 Å². The zero-order valence-electron chi connectivity index (χ0n) is 13.9. The summed E-state index contributed by atoms with van der Waals surface area (Å²) in [4.78, 5) is 12.5. The first-order valence-electron chi connectivity index (χ1n) is 7.67. The molecule has 0 saturated heterocycles. The van der Waals surface area contributed by atoms with E-state index in [1.54, 1.807) is 16.8 Å². The van der Waals surface area contributed by atoms with Crippen molar-refractivity contribution < 1.29 is 13.2 Å². The van der Waals surface area contributed by atoms with Crippen molar-refractivity contribution in [2.24, 2.45) is 7.05 Å². The molecule has 3 rings (SSSR count). The third-order valence-electron chi connectivity index (χ3n) is 4.03. The number of nitrogens with zero attached hydrogens (tertiary/aromatic N) is 3. The molecule has 0 aliphatic heterocycles. The molecule has 128 valence electrons. The number of sulfonamides is 1. The summed E-state index contributed by atoms with van der Waals surface area (Å²) in [5.74, 6) is 0.623. The quantitative estimate of drug-likeness (QED) is 0.893. The highest BCUT2D eigenvalue weighted by atomic mass is 32.2. The molecule has 0 unspecified atom stereocenters. The van der Waals surface area contributed by atoms with Gasteiger partial charge in [-0.25, -0.2) is 12.7 Å². The Labute approximate surface area is 141 Å². The molecule has 1 aliphatic rings. The largest absolute Gasteiger partial charge is 0.305 e. The topological polar surface area (TPSA) is 84.3 Å². The smallest absolute Gasteiger partial charge is 0.256 e. The van der Waals surface area contributed by atoms with E-state index in [0.29, 0.717) is 11.7 Å². The van der Waals surface area contributed by atoms with E-state index in [-0.39, 0.29) is 16.4 Å². The van der Waals surface area contributed by atoms with E-state index in [1.165, 1.54) is 26.2 Å². The van der Waals surface area contributed by atoms with Gasteiger partial charge in [-0.3, -0.25) is 9.48 Å². The van der Waals surface area contributed by atoms with Gasteiger partial charge in [0.1, 0.15) is 0 Å². The molecule has 1 N–H and O–H groups in total. The number of anilines is 1. The van der Waals surface area contributed by atoms with Crippen molar-refractivity contribution in [3.63, 3.8) is 0 Å². The first-order chi connectivity index (χ1) is 11.3. The molecule has 0 bridgehead atoms. The highest BCUT2D eigenvalue weighted by Gasteiger charge is 2.27. The second kappa shape index (κ2) is 6.03. The van der Waals surface area contributed by atoms with Crippen LogP contribution in [0.1, 0.15) is 34.8 Å². The Morgan fingerprint density at radius 2 is 2.00 bits per heavy atom. The third kappa shape index (κ3) is 3.20. The van der Waals surface area contributed by atoms with Crippen LogP contribution in [0, 0.1) is 0 Å². The van der Waals surface area contributed by atoms with Crippen LogP contribution in [0.2, 0.25) is 0 Å². The summed E-state index contributed by atoms with van der Waals surface area (Å²) in [6, 6.07) is 7.84. The number of amides is 1. The van der Waals surface area contributed by atoms with E-state index < -0.39 is 10.0 Å². The molecule has 8 heteroatoms. The summed E-state index contributed by atoms with van der Waals surface area (Å²) in [7, 11) is 1.18. The zero-order valence-corrected chi connectivity index (χ0v) is 14.7. The van der Waals surface area contributed by atoms with Crippen LogP contribution in [-0.2, 0) is 17.1 Å². The Hall–Kier alpha value is -2.19. The van der Waals surface area contributed by atoms with Crippen LogP contribution in [-0.4, -0.2) is 42.5 Å². The van der Waals surface area contributed by atoms with Crippen molar-refractivity contribution in [1.82, 2.24) is 14.1 Å². The second-order valence-corrected chi connectivity index (χ2v) is 8.27. The van der Waals surface area contributed by atoms with E-state index in [0.717, 1.165) is 22.8 Å². The van der Waals surface area contributed by atoms with Gasteiger partial charge in [0.15, 0.2) is 5.82 Å². The predicted octanol–water partition coefficient (Wildman–Crippen LogP) is 1.80. The van der Waals surface area contributed by atoms with Crippen LogP contribution in [0.15, 0.2) is 35.2 Å². The molecular formula is C16H20N4O3S. The van der Waals surface area contributed by atoms with Gasteiger partial charge >= 0.3 is 0 Å². The fourth-order valence-electron chi connectivity index (χ4n) is 2.50. The molecule has 1 aromatic heterocycles. The molecule has 24 heavy (non-hydrogen) atoms. The van der Waals surface area contributed by atoms with Crippen molar-refractivity contribution in [3.8, 4) is 0 Å². The summed E-state index contributed by atoms with van der Waals surface area (Å²) in [6.45, 7) is 0. The lowest BCUT2D eigenvalue weighted by Gasteiger charge is -2.12. The van der Waals surface area contributed by atoms with Crippen LogP contribution >= 0.6 is 0 Å². The average molecular weight is 348 g/mol. The molecule has 1 saturated carbocycles. The number of hydrogen-bond acceptors (Lipinski definition) is 4.